The molecule has 2 saturated heterocycles. The molecule has 2 fully saturated rings. The van der Waals surface area contributed by atoms with Gasteiger partial charge in [-0.2, -0.15) is 26.3 Å². The van der Waals surface area contributed by atoms with Gasteiger partial charge in [-0.05, 0) is 31.0 Å². The van der Waals surface area contributed by atoms with E-state index >= 15 is 0 Å². The van der Waals surface area contributed by atoms with Crippen molar-refractivity contribution in [3.8, 4) is 0 Å². The first kappa shape index (κ1) is 27.3. The number of rotatable bonds is 7. The lowest BCUT2D eigenvalue weighted by atomic mass is 10.0. The van der Waals surface area contributed by atoms with Crippen LogP contribution < -0.4 is 10.6 Å². The Hall–Kier alpha value is -2.71. The summed E-state index contributed by atoms with van der Waals surface area (Å²) in [5.74, 6) is -1.20. The lowest BCUT2D eigenvalue weighted by molar-refractivity contribution is -0.136. The minimum absolute atomic E-state index is 0.140. The van der Waals surface area contributed by atoms with Gasteiger partial charge in [0.25, 0.3) is 5.91 Å². The van der Waals surface area contributed by atoms with Gasteiger partial charge in [0.15, 0.2) is 0 Å². The van der Waals surface area contributed by atoms with Crippen molar-refractivity contribution < 1.29 is 35.9 Å². The Morgan fingerprint density at radius 3 is 2.24 bits per heavy atom. The van der Waals surface area contributed by atoms with Gasteiger partial charge in [0.2, 0.25) is 0 Å². The SMILES string of the molecule is O=C(NC1CCN(CCN2CCOCC2)CC1)c1ccc2nc(NCC(F)(F)F)cc(C(F)(F)F)c2n1. The van der Waals surface area contributed by atoms with Crippen molar-refractivity contribution in [3.63, 3.8) is 0 Å². The van der Waals surface area contributed by atoms with Gasteiger partial charge >= 0.3 is 12.4 Å². The summed E-state index contributed by atoms with van der Waals surface area (Å²) < 4.78 is 83.8. The largest absolute Gasteiger partial charge is 0.418 e. The molecule has 1 amide bonds. The number of hydrogen-bond donors (Lipinski definition) is 2. The van der Waals surface area contributed by atoms with Crippen LogP contribution in [0.1, 0.15) is 28.9 Å². The van der Waals surface area contributed by atoms with Crippen molar-refractivity contribution in [2.45, 2.75) is 31.2 Å². The molecule has 4 heterocycles. The summed E-state index contributed by atoms with van der Waals surface area (Å²) in [6.07, 6.45) is -8.14. The summed E-state index contributed by atoms with van der Waals surface area (Å²) in [6, 6.07) is 2.70. The van der Waals surface area contributed by atoms with Crippen molar-refractivity contribution in [2.75, 3.05) is 64.3 Å². The van der Waals surface area contributed by atoms with Crippen molar-refractivity contribution in [2.24, 2.45) is 0 Å². The minimum Gasteiger partial charge on any atom is -0.379 e. The molecule has 0 saturated carbocycles. The second kappa shape index (κ2) is 11.4. The van der Waals surface area contributed by atoms with E-state index in [9.17, 15) is 31.1 Å². The molecule has 0 unspecified atom stereocenters. The second-order valence-corrected chi connectivity index (χ2v) is 9.13. The maximum atomic E-state index is 13.7. The monoisotopic (exact) mass is 534 g/mol. The summed E-state index contributed by atoms with van der Waals surface area (Å²) in [5, 5.41) is 4.69. The molecule has 0 spiro atoms. The number of likely N-dealkylation sites (tertiary alicyclic amines) is 1. The van der Waals surface area contributed by atoms with Gasteiger partial charge in [-0.15, -0.1) is 0 Å². The van der Waals surface area contributed by atoms with E-state index in [1.807, 2.05) is 5.32 Å². The van der Waals surface area contributed by atoms with Crippen LogP contribution in [0.15, 0.2) is 18.2 Å². The second-order valence-electron chi connectivity index (χ2n) is 9.13. The smallest absolute Gasteiger partial charge is 0.379 e. The summed E-state index contributed by atoms with van der Waals surface area (Å²) in [5.41, 5.74) is -2.36. The fourth-order valence-electron chi connectivity index (χ4n) is 4.40. The van der Waals surface area contributed by atoms with Gasteiger partial charge in [-0.1, -0.05) is 0 Å². The number of amides is 1. The molecule has 8 nitrogen and oxygen atoms in total. The minimum atomic E-state index is -4.91. The number of nitrogens with zero attached hydrogens (tertiary/aromatic N) is 4. The number of ether oxygens (including phenoxy) is 1. The van der Waals surface area contributed by atoms with Crippen LogP contribution in [0.5, 0.6) is 0 Å². The number of nitrogens with one attached hydrogen (secondary N) is 2. The summed E-state index contributed by atoms with van der Waals surface area (Å²) in [4.78, 5) is 25.1. The van der Waals surface area contributed by atoms with Gasteiger partial charge in [0.1, 0.15) is 23.6 Å². The number of carbonyl (C=O) groups is 1. The predicted octanol–water partition coefficient (Wildman–Crippen LogP) is 3.15. The number of morpholine rings is 1. The topological polar surface area (TPSA) is 82.6 Å². The van der Waals surface area contributed by atoms with Crippen molar-refractivity contribution in [3.05, 3.63) is 29.5 Å². The molecule has 2 aromatic rings. The molecule has 204 valence electrons. The van der Waals surface area contributed by atoms with Crippen LogP contribution in [-0.4, -0.2) is 96.9 Å². The quantitative estimate of drug-likeness (QED) is 0.529. The average Bonchev–Trinajstić information content (AvgIpc) is 2.86. The van der Waals surface area contributed by atoms with E-state index in [-0.39, 0.29) is 17.3 Å². The number of halogens is 6. The Morgan fingerprint density at radius 1 is 0.973 bits per heavy atom. The number of alkyl halides is 6. The number of aromatic nitrogens is 2. The van der Waals surface area contributed by atoms with Crippen LogP contribution in [0.2, 0.25) is 0 Å². The van der Waals surface area contributed by atoms with E-state index in [1.54, 1.807) is 0 Å². The number of anilines is 1. The zero-order valence-corrected chi connectivity index (χ0v) is 20.0. The van der Waals surface area contributed by atoms with Crippen LogP contribution in [0.25, 0.3) is 11.0 Å². The third-order valence-corrected chi connectivity index (χ3v) is 6.42. The molecule has 2 aliphatic rings. The zero-order chi connectivity index (χ0) is 26.6. The molecule has 37 heavy (non-hydrogen) atoms. The van der Waals surface area contributed by atoms with Crippen LogP contribution in [-0.2, 0) is 10.9 Å². The molecule has 0 atom stereocenters. The van der Waals surface area contributed by atoms with Gasteiger partial charge in [0, 0.05) is 45.3 Å². The highest BCUT2D eigenvalue weighted by atomic mass is 19.4. The molecule has 4 rings (SSSR count). The van der Waals surface area contributed by atoms with E-state index < -0.39 is 41.7 Å². The molecule has 2 aliphatic heterocycles. The normalized spacial score (nSPS) is 18.8. The van der Waals surface area contributed by atoms with E-state index in [0.29, 0.717) is 18.9 Å². The Balaban J connectivity index is 1.38. The van der Waals surface area contributed by atoms with E-state index in [4.69, 9.17) is 4.74 Å². The predicted molar refractivity (Wildman–Crippen MR) is 123 cm³/mol. The van der Waals surface area contributed by atoms with Crippen LogP contribution in [0.4, 0.5) is 32.2 Å². The van der Waals surface area contributed by atoms with Gasteiger partial charge in [0.05, 0.1) is 24.3 Å². The molecule has 0 radical (unpaired) electrons. The first-order valence-corrected chi connectivity index (χ1v) is 12.0. The summed E-state index contributed by atoms with van der Waals surface area (Å²) in [7, 11) is 0. The van der Waals surface area contributed by atoms with Crippen molar-refractivity contribution in [1.29, 1.82) is 0 Å². The Morgan fingerprint density at radius 2 is 1.62 bits per heavy atom. The number of carbonyl (C=O) groups excluding carboxylic acids is 1. The third-order valence-electron chi connectivity index (χ3n) is 6.42. The fraction of sp³-hybridized carbons (Fsp3) is 0.609. The summed E-state index contributed by atoms with van der Waals surface area (Å²) >= 11 is 0. The highest BCUT2D eigenvalue weighted by Crippen LogP contribution is 2.35. The lowest BCUT2D eigenvalue weighted by Gasteiger charge is -2.34. The molecule has 2 N–H and O–H groups in total. The third kappa shape index (κ3) is 7.65. The number of piperidine rings is 1. The molecule has 0 aromatic carbocycles. The summed E-state index contributed by atoms with van der Waals surface area (Å²) in [6.45, 7) is 5.23. The first-order chi connectivity index (χ1) is 17.5. The molecular weight excluding hydrogens is 506 g/mol. The van der Waals surface area contributed by atoms with E-state index in [1.165, 1.54) is 6.07 Å². The van der Waals surface area contributed by atoms with Gasteiger partial charge < -0.3 is 20.3 Å². The lowest BCUT2D eigenvalue weighted by Crippen LogP contribution is -2.47. The molecule has 2 aromatic heterocycles. The Bertz CT molecular complexity index is 1080. The van der Waals surface area contributed by atoms with Crippen molar-refractivity contribution in [1.82, 2.24) is 25.1 Å². The average molecular weight is 535 g/mol. The molecule has 0 bridgehead atoms. The first-order valence-electron chi connectivity index (χ1n) is 12.0. The number of fused-ring (bicyclic) bond motifs is 1. The van der Waals surface area contributed by atoms with Crippen molar-refractivity contribution >= 4 is 22.8 Å². The van der Waals surface area contributed by atoms with Crippen LogP contribution in [0, 0.1) is 0 Å². The molecule has 14 heteroatoms. The molecular formula is C23H28F6N6O2. The Labute approximate surface area is 209 Å². The van der Waals surface area contributed by atoms with Crippen LogP contribution >= 0.6 is 0 Å². The zero-order valence-electron chi connectivity index (χ0n) is 20.0. The maximum absolute atomic E-state index is 13.7. The number of pyridine rings is 2. The van der Waals surface area contributed by atoms with Gasteiger partial charge in [-0.25, -0.2) is 9.97 Å². The van der Waals surface area contributed by atoms with Gasteiger partial charge in [-0.3, -0.25) is 9.69 Å². The van der Waals surface area contributed by atoms with E-state index in [0.717, 1.165) is 58.5 Å². The van der Waals surface area contributed by atoms with E-state index in [2.05, 4.69) is 25.1 Å². The maximum Gasteiger partial charge on any atom is 0.418 e. The highest BCUT2D eigenvalue weighted by molar-refractivity contribution is 5.95. The molecule has 0 aliphatic carbocycles. The standard InChI is InChI=1S/C23H28F6N6O2/c24-22(25,26)14-30-19-13-16(23(27,28)29)20-17(32-19)1-2-18(33-20)21(36)31-15-3-5-34(6-4-15)7-8-35-9-11-37-12-10-35/h1-2,13,15H,3-12,14H2,(H,30,32)(H,31,36). The highest BCUT2D eigenvalue weighted by Gasteiger charge is 2.35. The number of hydrogen-bond acceptors (Lipinski definition) is 7. The fourth-order valence-corrected chi connectivity index (χ4v) is 4.40. The van der Waals surface area contributed by atoms with Crippen LogP contribution in [0.3, 0.4) is 0 Å². The Kier molecular flexibility index (Phi) is 8.39.